The summed E-state index contributed by atoms with van der Waals surface area (Å²) >= 11 is 0. The molecule has 0 aliphatic heterocycles. The number of nitrogens with one attached hydrogen (secondary N) is 1. The maximum Gasteiger partial charge on any atom is 0.250 e. The minimum atomic E-state index is -0.0416. The lowest BCUT2D eigenvalue weighted by atomic mass is 10.0. The Bertz CT molecular complexity index is 433. The highest BCUT2D eigenvalue weighted by atomic mass is 16.2. The van der Waals surface area contributed by atoms with Crippen LogP contribution in [0.5, 0.6) is 0 Å². The summed E-state index contributed by atoms with van der Waals surface area (Å²) in [6, 6.07) is 3.26. The van der Waals surface area contributed by atoms with Gasteiger partial charge in [0, 0.05) is 31.8 Å². The van der Waals surface area contributed by atoms with Crippen LogP contribution in [0.1, 0.15) is 32.3 Å². The van der Waals surface area contributed by atoms with Crippen molar-refractivity contribution >= 4 is 5.91 Å². The zero-order chi connectivity index (χ0) is 12.8. The number of aryl methyl sites for hydroxylation is 1. The number of pyridine rings is 1. The Hall–Kier alpha value is -1.58. The van der Waals surface area contributed by atoms with Crippen LogP contribution in [0.15, 0.2) is 23.1 Å². The molecule has 94 valence electrons. The molecule has 4 nitrogen and oxygen atoms in total. The van der Waals surface area contributed by atoms with Gasteiger partial charge in [-0.2, -0.15) is 0 Å². The quantitative estimate of drug-likeness (QED) is 0.841. The lowest BCUT2D eigenvalue weighted by Crippen LogP contribution is -2.30. The van der Waals surface area contributed by atoms with E-state index >= 15 is 0 Å². The fourth-order valence-electron chi connectivity index (χ4n) is 1.75. The number of hydrogen-bond donors (Lipinski definition) is 1. The van der Waals surface area contributed by atoms with Gasteiger partial charge in [-0.25, -0.2) is 0 Å². The van der Waals surface area contributed by atoms with Crippen LogP contribution < -0.4 is 10.9 Å². The molecular formula is C13H20N2O2. The molecule has 1 amide bonds. The molecule has 1 aromatic heterocycles. The lowest BCUT2D eigenvalue weighted by Gasteiger charge is -2.12. The zero-order valence-electron chi connectivity index (χ0n) is 10.7. The van der Waals surface area contributed by atoms with Crippen LogP contribution in [-0.4, -0.2) is 10.5 Å². The number of aromatic nitrogens is 1. The number of nitrogens with zero attached hydrogens (tertiary/aromatic N) is 1. The molecule has 0 bridgehead atoms. The average molecular weight is 236 g/mol. The minimum absolute atomic E-state index is 0.0416. The van der Waals surface area contributed by atoms with Gasteiger partial charge in [0.15, 0.2) is 0 Å². The van der Waals surface area contributed by atoms with Gasteiger partial charge in [-0.3, -0.25) is 9.59 Å². The van der Waals surface area contributed by atoms with Gasteiger partial charge in [0.2, 0.25) is 11.5 Å². The largest absolute Gasteiger partial charge is 0.352 e. The number of carbonyl (C=O) groups is 1. The highest BCUT2D eigenvalue weighted by Gasteiger charge is 2.13. The normalized spacial score (nSPS) is 10.6. The van der Waals surface area contributed by atoms with Gasteiger partial charge < -0.3 is 9.88 Å². The molecule has 0 aliphatic rings. The zero-order valence-corrected chi connectivity index (χ0v) is 10.7. The van der Waals surface area contributed by atoms with Gasteiger partial charge in [-0.05, 0) is 18.4 Å². The van der Waals surface area contributed by atoms with Crippen LogP contribution in [0.25, 0.3) is 0 Å². The first-order valence-electron chi connectivity index (χ1n) is 6.01. The Kier molecular flexibility index (Phi) is 4.94. The van der Waals surface area contributed by atoms with E-state index in [-0.39, 0.29) is 17.4 Å². The third-order valence-electron chi connectivity index (χ3n) is 2.97. The monoisotopic (exact) mass is 236 g/mol. The standard InChI is InChI=1S/C13H20N2O2/c1-4-11(5-2)13(17)14-8-10-6-7-12(16)15(3)9-10/h6-7,9,11H,4-5,8H2,1-3H3,(H,14,17). The topological polar surface area (TPSA) is 51.1 Å². The van der Waals surface area contributed by atoms with Crippen molar-refractivity contribution in [3.63, 3.8) is 0 Å². The van der Waals surface area contributed by atoms with E-state index in [0.717, 1.165) is 18.4 Å². The van der Waals surface area contributed by atoms with Gasteiger partial charge in [0.05, 0.1) is 0 Å². The molecule has 0 saturated carbocycles. The number of hydrogen-bond acceptors (Lipinski definition) is 2. The first-order chi connectivity index (χ1) is 8.08. The van der Waals surface area contributed by atoms with Gasteiger partial charge >= 0.3 is 0 Å². The first-order valence-corrected chi connectivity index (χ1v) is 6.01. The van der Waals surface area contributed by atoms with Crippen molar-refractivity contribution in [3.8, 4) is 0 Å². The highest BCUT2D eigenvalue weighted by molar-refractivity contribution is 5.78. The van der Waals surface area contributed by atoms with Crippen LogP contribution in [0.4, 0.5) is 0 Å². The molecule has 0 atom stereocenters. The van der Waals surface area contributed by atoms with Crippen molar-refractivity contribution in [2.75, 3.05) is 0 Å². The third-order valence-corrected chi connectivity index (χ3v) is 2.97. The summed E-state index contributed by atoms with van der Waals surface area (Å²) in [5, 5.41) is 2.89. The summed E-state index contributed by atoms with van der Waals surface area (Å²) in [5.41, 5.74) is 0.895. The second-order valence-electron chi connectivity index (χ2n) is 4.22. The summed E-state index contributed by atoms with van der Waals surface area (Å²) in [6.07, 6.45) is 3.46. The first kappa shape index (κ1) is 13.5. The van der Waals surface area contributed by atoms with Crippen LogP contribution in [-0.2, 0) is 18.4 Å². The number of rotatable bonds is 5. The maximum atomic E-state index is 11.8. The molecular weight excluding hydrogens is 216 g/mol. The van der Waals surface area contributed by atoms with Crippen molar-refractivity contribution in [2.45, 2.75) is 33.2 Å². The molecule has 1 heterocycles. The van der Waals surface area contributed by atoms with Gasteiger partial charge in [-0.15, -0.1) is 0 Å². The lowest BCUT2D eigenvalue weighted by molar-refractivity contribution is -0.125. The molecule has 1 aromatic rings. The van der Waals surface area contributed by atoms with E-state index in [2.05, 4.69) is 5.32 Å². The fourth-order valence-corrected chi connectivity index (χ4v) is 1.75. The molecule has 1 N–H and O–H groups in total. The molecule has 0 spiro atoms. The van der Waals surface area contributed by atoms with E-state index in [0.29, 0.717) is 6.54 Å². The molecule has 0 aliphatic carbocycles. The van der Waals surface area contributed by atoms with E-state index in [1.54, 1.807) is 19.3 Å². The average Bonchev–Trinajstić information content (AvgIpc) is 2.32. The minimum Gasteiger partial charge on any atom is -0.352 e. The van der Waals surface area contributed by atoms with E-state index < -0.39 is 0 Å². The Morgan fingerprint density at radius 3 is 2.53 bits per heavy atom. The summed E-state index contributed by atoms with van der Waals surface area (Å²) in [4.78, 5) is 22.9. The summed E-state index contributed by atoms with van der Waals surface area (Å²) in [6.45, 7) is 4.50. The van der Waals surface area contributed by atoms with Crippen LogP contribution in [0.3, 0.4) is 0 Å². The van der Waals surface area contributed by atoms with Crippen molar-refractivity contribution in [1.29, 1.82) is 0 Å². The smallest absolute Gasteiger partial charge is 0.250 e. The van der Waals surface area contributed by atoms with Crippen molar-refractivity contribution in [3.05, 3.63) is 34.2 Å². The van der Waals surface area contributed by atoms with Crippen LogP contribution in [0, 0.1) is 5.92 Å². The molecule has 1 rings (SSSR count). The van der Waals surface area contributed by atoms with Gasteiger partial charge in [0.1, 0.15) is 0 Å². The molecule has 0 saturated heterocycles. The molecule has 0 radical (unpaired) electrons. The molecule has 4 heteroatoms. The predicted octanol–water partition coefficient (Wildman–Crippen LogP) is 1.44. The molecule has 0 unspecified atom stereocenters. The maximum absolute atomic E-state index is 11.8. The molecule has 0 fully saturated rings. The fraction of sp³-hybridized carbons (Fsp3) is 0.538. The van der Waals surface area contributed by atoms with E-state index in [1.807, 2.05) is 13.8 Å². The second-order valence-corrected chi connectivity index (χ2v) is 4.22. The Labute approximate surface area is 102 Å². The Morgan fingerprint density at radius 1 is 1.35 bits per heavy atom. The molecule has 17 heavy (non-hydrogen) atoms. The summed E-state index contributed by atoms with van der Waals surface area (Å²) in [5.74, 6) is 0.173. The number of carbonyl (C=O) groups excluding carboxylic acids is 1. The summed E-state index contributed by atoms with van der Waals surface area (Å²) < 4.78 is 1.51. The van der Waals surface area contributed by atoms with Crippen molar-refractivity contribution in [1.82, 2.24) is 9.88 Å². The second kappa shape index (κ2) is 6.23. The predicted molar refractivity (Wildman–Crippen MR) is 67.6 cm³/mol. The van der Waals surface area contributed by atoms with E-state index in [4.69, 9.17) is 0 Å². The number of amides is 1. The Morgan fingerprint density at radius 2 is 2.00 bits per heavy atom. The van der Waals surface area contributed by atoms with Crippen LogP contribution in [0.2, 0.25) is 0 Å². The summed E-state index contributed by atoms with van der Waals surface area (Å²) in [7, 11) is 1.70. The van der Waals surface area contributed by atoms with E-state index in [1.165, 1.54) is 10.6 Å². The van der Waals surface area contributed by atoms with Gasteiger partial charge in [0.25, 0.3) is 0 Å². The SMILES string of the molecule is CCC(CC)C(=O)NCc1ccc(=O)n(C)c1. The van der Waals surface area contributed by atoms with Crippen molar-refractivity contribution < 1.29 is 4.79 Å². The van der Waals surface area contributed by atoms with Gasteiger partial charge in [-0.1, -0.05) is 19.9 Å². The highest BCUT2D eigenvalue weighted by Crippen LogP contribution is 2.07. The molecule has 0 aromatic carbocycles. The van der Waals surface area contributed by atoms with E-state index in [9.17, 15) is 9.59 Å². The van der Waals surface area contributed by atoms with Crippen molar-refractivity contribution in [2.24, 2.45) is 13.0 Å². The third kappa shape index (κ3) is 3.73. The van der Waals surface area contributed by atoms with Crippen LogP contribution >= 0.6 is 0 Å². The Balaban J connectivity index is 2.58.